The number of piperazine rings is 1. The van der Waals surface area contributed by atoms with Gasteiger partial charge in [0.2, 0.25) is 0 Å². The quantitative estimate of drug-likeness (QED) is 0.507. The zero-order valence-corrected chi connectivity index (χ0v) is 17.8. The van der Waals surface area contributed by atoms with Crippen molar-refractivity contribution >= 4 is 28.6 Å². The van der Waals surface area contributed by atoms with Crippen LogP contribution >= 0.6 is 11.6 Å². The lowest BCUT2D eigenvalue weighted by molar-refractivity contribution is 0.271. The van der Waals surface area contributed by atoms with Crippen LogP contribution in [-0.2, 0) is 0 Å². The van der Waals surface area contributed by atoms with Crippen molar-refractivity contribution in [2.45, 2.75) is 13.8 Å². The Morgan fingerprint density at radius 1 is 1.03 bits per heavy atom. The van der Waals surface area contributed by atoms with Crippen molar-refractivity contribution in [3.8, 4) is 11.3 Å². The Morgan fingerprint density at radius 3 is 2.60 bits per heavy atom. The molecule has 0 N–H and O–H groups in total. The van der Waals surface area contributed by atoms with Crippen LogP contribution in [0.25, 0.3) is 22.6 Å². The highest BCUT2D eigenvalue weighted by Crippen LogP contribution is 2.25. The molecule has 0 unspecified atom stereocenters. The van der Waals surface area contributed by atoms with Gasteiger partial charge in [-0.1, -0.05) is 18.5 Å². The first-order valence-corrected chi connectivity index (χ1v) is 10.6. The molecule has 4 aromatic heterocycles. The standard InChI is InChI=1S/C22H23ClN6O/c1-3-26-6-8-27(9-7-26)17-4-5-20-25-19(11-21(30)29(20)14-17)16-10-18(23)22-24-15(2)12-28(22)13-16/h4-5,10-14H,3,6-9H2,1-2H3. The molecule has 0 atom stereocenters. The molecule has 0 amide bonds. The summed E-state index contributed by atoms with van der Waals surface area (Å²) in [7, 11) is 0. The molecule has 0 spiro atoms. The summed E-state index contributed by atoms with van der Waals surface area (Å²) in [6.45, 7) is 9.18. The van der Waals surface area contributed by atoms with Crippen LogP contribution in [0.1, 0.15) is 12.6 Å². The number of aryl methyl sites for hydroxylation is 1. The van der Waals surface area contributed by atoms with Crippen molar-refractivity contribution in [3.63, 3.8) is 0 Å². The maximum atomic E-state index is 12.9. The zero-order chi connectivity index (χ0) is 20.8. The van der Waals surface area contributed by atoms with Crippen LogP contribution in [0.2, 0.25) is 5.02 Å². The first kappa shape index (κ1) is 19.1. The molecule has 5 rings (SSSR count). The molecular weight excluding hydrogens is 400 g/mol. The molecule has 1 aliphatic heterocycles. The first-order valence-electron chi connectivity index (χ1n) is 10.2. The molecule has 5 heterocycles. The van der Waals surface area contributed by atoms with Gasteiger partial charge in [-0.05, 0) is 31.7 Å². The van der Waals surface area contributed by atoms with Crippen molar-refractivity contribution in [2.75, 3.05) is 37.6 Å². The lowest BCUT2D eigenvalue weighted by atomic mass is 10.2. The van der Waals surface area contributed by atoms with E-state index in [0.29, 0.717) is 22.0 Å². The monoisotopic (exact) mass is 422 g/mol. The Morgan fingerprint density at radius 2 is 1.83 bits per heavy atom. The molecule has 154 valence electrons. The molecule has 7 nitrogen and oxygen atoms in total. The summed E-state index contributed by atoms with van der Waals surface area (Å²) in [5.74, 6) is 0. The maximum Gasteiger partial charge on any atom is 0.258 e. The zero-order valence-electron chi connectivity index (χ0n) is 17.0. The van der Waals surface area contributed by atoms with Crippen molar-refractivity contribution in [1.82, 2.24) is 23.7 Å². The molecule has 0 aliphatic carbocycles. The van der Waals surface area contributed by atoms with Crippen LogP contribution in [0.4, 0.5) is 5.69 Å². The predicted molar refractivity (Wildman–Crippen MR) is 120 cm³/mol. The van der Waals surface area contributed by atoms with Gasteiger partial charge in [-0.2, -0.15) is 0 Å². The number of halogens is 1. The van der Waals surface area contributed by atoms with Gasteiger partial charge in [0.25, 0.3) is 5.56 Å². The molecule has 8 heteroatoms. The highest BCUT2D eigenvalue weighted by Gasteiger charge is 2.17. The fourth-order valence-corrected chi connectivity index (χ4v) is 4.33. The summed E-state index contributed by atoms with van der Waals surface area (Å²) in [6, 6.07) is 7.33. The SMILES string of the molecule is CCN1CCN(c2ccc3nc(-c4cc(Cl)c5nc(C)cn5c4)cc(=O)n3c2)CC1. The Balaban J connectivity index is 1.53. The Kier molecular flexibility index (Phi) is 4.72. The number of rotatable bonds is 3. The average Bonchev–Trinajstić information content (AvgIpc) is 3.14. The number of nitrogens with zero attached hydrogens (tertiary/aromatic N) is 6. The van der Waals surface area contributed by atoms with Gasteiger partial charge in [0.1, 0.15) is 5.65 Å². The molecule has 0 aromatic carbocycles. The number of likely N-dealkylation sites (N-methyl/N-ethyl adjacent to an activating group) is 1. The van der Waals surface area contributed by atoms with Crippen molar-refractivity contribution in [3.05, 3.63) is 63.9 Å². The van der Waals surface area contributed by atoms with Crippen molar-refractivity contribution in [2.24, 2.45) is 0 Å². The second-order valence-corrected chi connectivity index (χ2v) is 8.11. The fraction of sp³-hybridized carbons (Fsp3) is 0.318. The van der Waals surface area contributed by atoms with Crippen LogP contribution in [0, 0.1) is 6.92 Å². The van der Waals surface area contributed by atoms with E-state index >= 15 is 0 Å². The van der Waals surface area contributed by atoms with Gasteiger partial charge in [0.05, 0.1) is 22.1 Å². The topological polar surface area (TPSA) is 58.2 Å². The summed E-state index contributed by atoms with van der Waals surface area (Å²) in [4.78, 5) is 26.8. The van der Waals surface area contributed by atoms with Gasteiger partial charge in [0.15, 0.2) is 5.65 Å². The molecule has 1 aliphatic rings. The minimum Gasteiger partial charge on any atom is -0.368 e. The van der Waals surface area contributed by atoms with E-state index in [9.17, 15) is 4.79 Å². The molecule has 0 bridgehead atoms. The smallest absolute Gasteiger partial charge is 0.258 e. The van der Waals surface area contributed by atoms with Crippen LogP contribution in [-0.4, -0.2) is 56.4 Å². The van der Waals surface area contributed by atoms with Crippen LogP contribution in [0.5, 0.6) is 0 Å². The van der Waals surface area contributed by atoms with E-state index in [2.05, 4.69) is 21.7 Å². The highest BCUT2D eigenvalue weighted by molar-refractivity contribution is 6.33. The summed E-state index contributed by atoms with van der Waals surface area (Å²) < 4.78 is 3.49. The molecular formula is C22H23ClN6O. The summed E-state index contributed by atoms with van der Waals surface area (Å²) in [5.41, 5.74) is 4.52. The third-order valence-corrected chi connectivity index (χ3v) is 6.03. The van der Waals surface area contributed by atoms with Crippen LogP contribution in [0.15, 0.2) is 47.7 Å². The number of anilines is 1. The van der Waals surface area contributed by atoms with Gasteiger partial charge < -0.3 is 14.2 Å². The Bertz CT molecular complexity index is 1300. The first-order chi connectivity index (χ1) is 14.5. The van der Waals surface area contributed by atoms with Gasteiger partial charge in [-0.15, -0.1) is 0 Å². The number of pyridine rings is 2. The van der Waals surface area contributed by atoms with E-state index in [1.165, 1.54) is 0 Å². The Labute approximate surface area is 179 Å². The van der Waals surface area contributed by atoms with Crippen molar-refractivity contribution < 1.29 is 0 Å². The third kappa shape index (κ3) is 3.34. The number of hydrogen-bond donors (Lipinski definition) is 0. The molecule has 30 heavy (non-hydrogen) atoms. The Hall–Kier alpha value is -2.90. The van der Waals surface area contributed by atoms with Gasteiger partial charge in [-0.25, -0.2) is 9.97 Å². The predicted octanol–water partition coefficient (Wildman–Crippen LogP) is 3.11. The van der Waals surface area contributed by atoms with E-state index in [1.807, 2.05) is 48.1 Å². The summed E-state index contributed by atoms with van der Waals surface area (Å²) >= 11 is 6.41. The number of imidazole rings is 1. The number of hydrogen-bond acceptors (Lipinski definition) is 5. The minimum absolute atomic E-state index is 0.109. The summed E-state index contributed by atoms with van der Waals surface area (Å²) in [5, 5.41) is 0.532. The second-order valence-electron chi connectivity index (χ2n) is 7.71. The molecule has 0 saturated carbocycles. The fourth-order valence-electron chi connectivity index (χ4n) is 4.07. The number of fused-ring (bicyclic) bond motifs is 2. The lowest BCUT2D eigenvalue weighted by Crippen LogP contribution is -2.46. The molecule has 1 fully saturated rings. The van der Waals surface area contributed by atoms with E-state index in [-0.39, 0.29) is 5.56 Å². The van der Waals surface area contributed by atoms with Crippen LogP contribution < -0.4 is 10.5 Å². The molecule has 1 saturated heterocycles. The van der Waals surface area contributed by atoms with E-state index < -0.39 is 0 Å². The largest absolute Gasteiger partial charge is 0.368 e. The van der Waals surface area contributed by atoms with Gasteiger partial charge in [-0.3, -0.25) is 9.20 Å². The van der Waals surface area contributed by atoms with E-state index in [0.717, 1.165) is 49.7 Å². The lowest BCUT2D eigenvalue weighted by Gasteiger charge is -2.35. The molecule has 0 radical (unpaired) electrons. The van der Waals surface area contributed by atoms with E-state index in [4.69, 9.17) is 16.6 Å². The minimum atomic E-state index is -0.109. The normalized spacial score (nSPS) is 15.4. The van der Waals surface area contributed by atoms with Gasteiger partial charge >= 0.3 is 0 Å². The second kappa shape index (κ2) is 7.41. The van der Waals surface area contributed by atoms with Gasteiger partial charge in [0, 0.05) is 56.4 Å². The highest BCUT2D eigenvalue weighted by atomic mass is 35.5. The number of aromatic nitrogens is 4. The maximum absolute atomic E-state index is 12.9. The van der Waals surface area contributed by atoms with Crippen LogP contribution in [0.3, 0.4) is 0 Å². The molecule has 4 aromatic rings. The van der Waals surface area contributed by atoms with E-state index in [1.54, 1.807) is 10.5 Å². The third-order valence-electron chi connectivity index (χ3n) is 5.75. The average molecular weight is 423 g/mol. The van der Waals surface area contributed by atoms with Crippen molar-refractivity contribution in [1.29, 1.82) is 0 Å². The summed E-state index contributed by atoms with van der Waals surface area (Å²) in [6.07, 6.45) is 5.70.